The number of nitrogens with one attached hydrogen (secondary N) is 1. The number of benzene rings is 2. The molecule has 2 aromatic carbocycles. The number of methoxy groups -OCH3 is 1. The monoisotopic (exact) mass is 342 g/mol. The van der Waals surface area contributed by atoms with Crippen LogP contribution < -0.4 is 10.1 Å². The molecular formula is C20H23FN2O2. The number of piperidine rings is 1. The van der Waals surface area contributed by atoms with Crippen molar-refractivity contribution in [1.82, 2.24) is 10.2 Å². The number of halogens is 1. The normalized spacial score (nSPS) is 15.0. The summed E-state index contributed by atoms with van der Waals surface area (Å²) >= 11 is 0. The summed E-state index contributed by atoms with van der Waals surface area (Å²) in [5.41, 5.74) is 1.74. The third-order valence-electron chi connectivity index (χ3n) is 4.80. The minimum atomic E-state index is -0.487. The van der Waals surface area contributed by atoms with E-state index in [-0.39, 0.29) is 17.5 Å². The summed E-state index contributed by atoms with van der Waals surface area (Å²) in [6, 6.07) is 12.4. The molecule has 1 saturated heterocycles. The Morgan fingerprint density at radius 3 is 2.36 bits per heavy atom. The van der Waals surface area contributed by atoms with E-state index in [0.29, 0.717) is 0 Å². The molecule has 1 aliphatic rings. The lowest BCUT2D eigenvalue weighted by Gasteiger charge is -2.31. The van der Waals surface area contributed by atoms with Gasteiger partial charge in [0.1, 0.15) is 11.6 Å². The van der Waals surface area contributed by atoms with Crippen molar-refractivity contribution in [3.8, 4) is 16.9 Å². The Hall–Kier alpha value is -2.40. The van der Waals surface area contributed by atoms with Gasteiger partial charge in [-0.05, 0) is 61.3 Å². The molecule has 1 fully saturated rings. The molecule has 5 heteroatoms. The van der Waals surface area contributed by atoms with E-state index in [1.807, 2.05) is 24.3 Å². The number of nitrogens with zero attached hydrogens (tertiary/aromatic N) is 1. The van der Waals surface area contributed by atoms with Crippen LogP contribution in [0.5, 0.6) is 5.75 Å². The Labute approximate surface area is 147 Å². The topological polar surface area (TPSA) is 41.6 Å². The average molecular weight is 342 g/mol. The molecule has 2 aromatic rings. The fourth-order valence-electron chi connectivity index (χ4n) is 3.20. The summed E-state index contributed by atoms with van der Waals surface area (Å²) in [4.78, 5) is 14.3. The van der Waals surface area contributed by atoms with Crippen molar-refractivity contribution in [2.24, 2.45) is 0 Å². The predicted octanol–water partition coefficient (Wildman–Crippen LogP) is 3.33. The van der Waals surface area contributed by atoms with E-state index in [1.54, 1.807) is 31.2 Å². The quantitative estimate of drug-likeness (QED) is 0.927. The zero-order valence-electron chi connectivity index (χ0n) is 14.6. The standard InChI is InChI=1S/C20H23FN2O2/c1-23(16-9-11-22-12-10-16)20(24)18-8-5-15(13-19(18)21)14-3-6-17(25-2)7-4-14/h3-8,13,16,22H,9-12H2,1-2H3. The third-order valence-corrected chi connectivity index (χ3v) is 4.80. The molecule has 0 unspecified atom stereocenters. The van der Waals surface area contributed by atoms with E-state index in [9.17, 15) is 9.18 Å². The highest BCUT2D eigenvalue weighted by Crippen LogP contribution is 2.25. The van der Waals surface area contributed by atoms with E-state index in [1.165, 1.54) is 6.07 Å². The van der Waals surface area contributed by atoms with Gasteiger partial charge in [0.2, 0.25) is 0 Å². The van der Waals surface area contributed by atoms with Crippen LogP contribution in [0.25, 0.3) is 11.1 Å². The Balaban J connectivity index is 1.79. The molecule has 3 rings (SSSR count). The van der Waals surface area contributed by atoms with Gasteiger partial charge in [-0.3, -0.25) is 4.79 Å². The first-order valence-electron chi connectivity index (χ1n) is 8.52. The van der Waals surface area contributed by atoms with Crippen LogP contribution in [0.4, 0.5) is 4.39 Å². The smallest absolute Gasteiger partial charge is 0.256 e. The van der Waals surface area contributed by atoms with Gasteiger partial charge in [-0.25, -0.2) is 4.39 Å². The van der Waals surface area contributed by atoms with Gasteiger partial charge in [0.05, 0.1) is 12.7 Å². The van der Waals surface area contributed by atoms with Gasteiger partial charge < -0.3 is 15.0 Å². The molecule has 0 atom stereocenters. The van der Waals surface area contributed by atoms with Gasteiger partial charge in [-0.1, -0.05) is 18.2 Å². The van der Waals surface area contributed by atoms with Crippen LogP contribution in [0.15, 0.2) is 42.5 Å². The molecule has 0 aliphatic carbocycles. The number of carbonyl (C=O) groups is 1. The zero-order valence-corrected chi connectivity index (χ0v) is 14.6. The average Bonchev–Trinajstić information content (AvgIpc) is 2.67. The second-order valence-electron chi connectivity index (χ2n) is 6.32. The van der Waals surface area contributed by atoms with Gasteiger partial charge in [0.15, 0.2) is 0 Å². The van der Waals surface area contributed by atoms with E-state index in [2.05, 4.69) is 5.32 Å². The molecule has 1 aliphatic heterocycles. The van der Waals surface area contributed by atoms with Crippen molar-refractivity contribution < 1.29 is 13.9 Å². The highest BCUT2D eigenvalue weighted by Gasteiger charge is 2.24. The SMILES string of the molecule is COc1ccc(-c2ccc(C(=O)N(C)C3CCNCC3)c(F)c2)cc1. The second kappa shape index (κ2) is 7.66. The van der Waals surface area contributed by atoms with E-state index >= 15 is 0 Å². The molecule has 1 N–H and O–H groups in total. The second-order valence-corrected chi connectivity index (χ2v) is 6.32. The van der Waals surface area contributed by atoms with Crippen LogP contribution in [0.2, 0.25) is 0 Å². The molecule has 0 aromatic heterocycles. The first kappa shape index (κ1) is 17.4. The highest BCUT2D eigenvalue weighted by atomic mass is 19.1. The number of hydrogen-bond acceptors (Lipinski definition) is 3. The summed E-state index contributed by atoms with van der Waals surface area (Å²) in [5.74, 6) is 0.00407. The van der Waals surface area contributed by atoms with Crippen LogP contribution in [-0.4, -0.2) is 44.1 Å². The molecule has 4 nitrogen and oxygen atoms in total. The number of ether oxygens (including phenoxy) is 1. The van der Waals surface area contributed by atoms with Gasteiger partial charge >= 0.3 is 0 Å². The van der Waals surface area contributed by atoms with Gasteiger partial charge in [0, 0.05) is 13.1 Å². The van der Waals surface area contributed by atoms with Crippen molar-refractivity contribution in [2.45, 2.75) is 18.9 Å². The molecular weight excluding hydrogens is 319 g/mol. The fourth-order valence-corrected chi connectivity index (χ4v) is 3.20. The lowest BCUT2D eigenvalue weighted by atomic mass is 10.0. The minimum Gasteiger partial charge on any atom is -0.497 e. The van der Waals surface area contributed by atoms with E-state index < -0.39 is 5.82 Å². The Morgan fingerprint density at radius 2 is 1.76 bits per heavy atom. The molecule has 1 heterocycles. The fraction of sp³-hybridized carbons (Fsp3) is 0.350. The van der Waals surface area contributed by atoms with Crippen molar-refractivity contribution >= 4 is 5.91 Å². The van der Waals surface area contributed by atoms with Crippen molar-refractivity contribution in [3.05, 3.63) is 53.8 Å². The zero-order chi connectivity index (χ0) is 17.8. The maximum Gasteiger partial charge on any atom is 0.256 e. The molecule has 1 amide bonds. The summed E-state index contributed by atoms with van der Waals surface area (Å²) in [6.07, 6.45) is 1.79. The van der Waals surface area contributed by atoms with Gasteiger partial charge in [-0.2, -0.15) is 0 Å². The maximum absolute atomic E-state index is 14.6. The summed E-state index contributed by atoms with van der Waals surface area (Å²) in [7, 11) is 3.36. The largest absolute Gasteiger partial charge is 0.497 e. The van der Waals surface area contributed by atoms with Crippen molar-refractivity contribution in [2.75, 3.05) is 27.2 Å². The van der Waals surface area contributed by atoms with Crippen molar-refractivity contribution in [1.29, 1.82) is 0 Å². The molecule has 25 heavy (non-hydrogen) atoms. The summed E-state index contributed by atoms with van der Waals surface area (Å²) in [5, 5.41) is 3.27. The molecule has 0 bridgehead atoms. The van der Waals surface area contributed by atoms with E-state index in [4.69, 9.17) is 4.74 Å². The number of carbonyl (C=O) groups excluding carboxylic acids is 1. The summed E-state index contributed by atoms with van der Waals surface area (Å²) in [6.45, 7) is 1.78. The number of amides is 1. The number of hydrogen-bond donors (Lipinski definition) is 1. The number of rotatable bonds is 4. The Kier molecular flexibility index (Phi) is 5.34. The Morgan fingerprint density at radius 1 is 1.12 bits per heavy atom. The molecule has 0 spiro atoms. The molecule has 0 saturated carbocycles. The van der Waals surface area contributed by atoms with Crippen LogP contribution in [0, 0.1) is 5.82 Å². The van der Waals surface area contributed by atoms with Crippen LogP contribution >= 0.6 is 0 Å². The van der Waals surface area contributed by atoms with Gasteiger partial charge in [0.25, 0.3) is 5.91 Å². The first-order chi connectivity index (χ1) is 12.1. The van der Waals surface area contributed by atoms with Crippen LogP contribution in [0.3, 0.4) is 0 Å². The molecule has 0 radical (unpaired) electrons. The lowest BCUT2D eigenvalue weighted by molar-refractivity contribution is 0.0698. The Bertz CT molecular complexity index is 740. The molecule has 132 valence electrons. The lowest BCUT2D eigenvalue weighted by Crippen LogP contribution is -2.44. The van der Waals surface area contributed by atoms with Crippen LogP contribution in [0.1, 0.15) is 23.2 Å². The maximum atomic E-state index is 14.6. The van der Waals surface area contributed by atoms with E-state index in [0.717, 1.165) is 42.8 Å². The van der Waals surface area contributed by atoms with Gasteiger partial charge in [-0.15, -0.1) is 0 Å². The summed E-state index contributed by atoms with van der Waals surface area (Å²) < 4.78 is 19.7. The predicted molar refractivity (Wildman–Crippen MR) is 96.4 cm³/mol. The minimum absolute atomic E-state index is 0.123. The third kappa shape index (κ3) is 3.82. The first-order valence-corrected chi connectivity index (χ1v) is 8.52. The highest BCUT2D eigenvalue weighted by molar-refractivity contribution is 5.95. The van der Waals surface area contributed by atoms with Crippen LogP contribution in [-0.2, 0) is 0 Å². The van der Waals surface area contributed by atoms with Crippen molar-refractivity contribution in [3.63, 3.8) is 0 Å².